The molecule has 2 unspecified atom stereocenters. The fourth-order valence-corrected chi connectivity index (χ4v) is 2.77. The van der Waals surface area contributed by atoms with E-state index in [4.69, 9.17) is 0 Å². The standard InChI is InChI=1S/C15H18F3N3O3/c1-10(20-8-4-5-11(9-20)15(16,17)18)14(22)19-12-6-2-3-7-13(12)21(23)24/h2-3,6-7,10-11H,4-5,8-9H2,1H3,(H,19,22). The fraction of sp³-hybridized carbons (Fsp3) is 0.533. The molecule has 1 aromatic rings. The van der Waals surface area contributed by atoms with E-state index in [0.717, 1.165) is 0 Å². The van der Waals surface area contributed by atoms with E-state index in [9.17, 15) is 28.1 Å². The molecule has 9 heteroatoms. The molecule has 0 bridgehead atoms. The molecule has 0 spiro atoms. The number of likely N-dealkylation sites (tertiary alicyclic amines) is 1. The molecule has 0 aromatic heterocycles. The Morgan fingerprint density at radius 3 is 2.71 bits per heavy atom. The number of carbonyl (C=O) groups is 1. The maximum atomic E-state index is 12.9. The van der Waals surface area contributed by atoms with E-state index in [1.165, 1.54) is 36.1 Å². The Balaban J connectivity index is 2.06. The third-order valence-electron chi connectivity index (χ3n) is 4.20. The predicted octanol–water partition coefficient (Wildman–Crippen LogP) is 3.20. The van der Waals surface area contributed by atoms with Crippen LogP contribution in [0.1, 0.15) is 19.8 Å². The van der Waals surface area contributed by atoms with Gasteiger partial charge in [-0.1, -0.05) is 12.1 Å². The van der Waals surface area contributed by atoms with Crippen LogP contribution < -0.4 is 5.32 Å². The van der Waals surface area contributed by atoms with Crippen LogP contribution in [0.2, 0.25) is 0 Å². The van der Waals surface area contributed by atoms with Gasteiger partial charge in [-0.05, 0) is 32.4 Å². The van der Waals surface area contributed by atoms with Gasteiger partial charge in [0.2, 0.25) is 5.91 Å². The highest BCUT2D eigenvalue weighted by Crippen LogP contribution is 2.34. The van der Waals surface area contributed by atoms with Crippen LogP contribution in [0, 0.1) is 16.0 Å². The number of hydrogen-bond donors (Lipinski definition) is 1. The third-order valence-corrected chi connectivity index (χ3v) is 4.20. The molecule has 1 amide bonds. The van der Waals surface area contributed by atoms with E-state index < -0.39 is 29.0 Å². The quantitative estimate of drug-likeness (QED) is 0.672. The van der Waals surface area contributed by atoms with Gasteiger partial charge in [-0.3, -0.25) is 19.8 Å². The largest absolute Gasteiger partial charge is 0.393 e. The van der Waals surface area contributed by atoms with E-state index in [2.05, 4.69) is 5.32 Å². The number of halogens is 3. The number of piperidine rings is 1. The number of anilines is 1. The van der Waals surface area contributed by atoms with Crippen molar-refractivity contribution in [2.45, 2.75) is 32.0 Å². The van der Waals surface area contributed by atoms with Gasteiger partial charge in [0.1, 0.15) is 5.69 Å². The van der Waals surface area contributed by atoms with Crippen LogP contribution in [0.25, 0.3) is 0 Å². The number of hydrogen-bond acceptors (Lipinski definition) is 4. The summed E-state index contributed by atoms with van der Waals surface area (Å²) in [5.74, 6) is -2.01. The van der Waals surface area contributed by atoms with E-state index in [-0.39, 0.29) is 24.3 Å². The summed E-state index contributed by atoms with van der Waals surface area (Å²) in [6, 6.07) is 4.83. The number of carbonyl (C=O) groups excluding carboxylic acids is 1. The van der Waals surface area contributed by atoms with Crippen molar-refractivity contribution < 1.29 is 22.9 Å². The minimum Gasteiger partial charge on any atom is -0.319 e. The topological polar surface area (TPSA) is 75.5 Å². The van der Waals surface area contributed by atoms with Crippen LogP contribution in [0.15, 0.2) is 24.3 Å². The molecule has 24 heavy (non-hydrogen) atoms. The molecule has 132 valence electrons. The van der Waals surface area contributed by atoms with Crippen molar-refractivity contribution in [1.82, 2.24) is 4.90 Å². The summed E-state index contributed by atoms with van der Waals surface area (Å²) >= 11 is 0. The summed E-state index contributed by atoms with van der Waals surface area (Å²) < 4.78 is 38.6. The molecule has 1 fully saturated rings. The summed E-state index contributed by atoms with van der Waals surface area (Å²) in [6.07, 6.45) is -3.88. The van der Waals surface area contributed by atoms with Gasteiger partial charge in [-0.15, -0.1) is 0 Å². The van der Waals surface area contributed by atoms with E-state index in [1.807, 2.05) is 0 Å². The Morgan fingerprint density at radius 2 is 2.08 bits per heavy atom. The molecule has 2 rings (SSSR count). The van der Waals surface area contributed by atoms with Gasteiger partial charge in [0, 0.05) is 12.6 Å². The predicted molar refractivity (Wildman–Crippen MR) is 81.5 cm³/mol. The molecule has 2 atom stereocenters. The molecule has 0 saturated carbocycles. The van der Waals surface area contributed by atoms with E-state index in [0.29, 0.717) is 13.0 Å². The van der Waals surface area contributed by atoms with Crippen molar-refractivity contribution in [3.8, 4) is 0 Å². The molecule has 0 radical (unpaired) electrons. The SMILES string of the molecule is CC(C(=O)Nc1ccccc1[N+](=O)[O-])N1CCCC(C(F)(F)F)C1. The normalized spacial score (nSPS) is 20.4. The lowest BCUT2D eigenvalue weighted by molar-refractivity contribution is -0.383. The van der Waals surface area contributed by atoms with Crippen LogP contribution in [0.4, 0.5) is 24.5 Å². The lowest BCUT2D eigenvalue weighted by atomic mass is 9.96. The third kappa shape index (κ3) is 4.22. The number of nitrogens with zero attached hydrogens (tertiary/aromatic N) is 2. The maximum absolute atomic E-state index is 12.9. The van der Waals surface area contributed by atoms with Crippen LogP contribution in [0.5, 0.6) is 0 Å². The highest BCUT2D eigenvalue weighted by atomic mass is 19.4. The first kappa shape index (κ1) is 18.2. The minimum absolute atomic E-state index is 0.0312. The number of rotatable bonds is 4. The van der Waals surface area contributed by atoms with Crippen LogP contribution in [-0.2, 0) is 4.79 Å². The number of nitro benzene ring substituents is 1. The molecule has 0 aliphatic carbocycles. The molecule has 1 aliphatic heterocycles. The number of benzene rings is 1. The van der Waals surface area contributed by atoms with Crippen molar-refractivity contribution >= 4 is 17.3 Å². The number of nitro groups is 1. The Morgan fingerprint density at radius 1 is 1.42 bits per heavy atom. The first-order chi connectivity index (χ1) is 11.2. The first-order valence-electron chi connectivity index (χ1n) is 7.55. The zero-order valence-corrected chi connectivity index (χ0v) is 13.0. The maximum Gasteiger partial charge on any atom is 0.393 e. The lowest BCUT2D eigenvalue weighted by Crippen LogP contribution is -2.49. The Kier molecular flexibility index (Phi) is 5.43. The average Bonchev–Trinajstić information content (AvgIpc) is 2.53. The summed E-state index contributed by atoms with van der Waals surface area (Å²) in [5, 5.41) is 13.4. The van der Waals surface area contributed by atoms with E-state index >= 15 is 0 Å². The summed E-state index contributed by atoms with van der Waals surface area (Å²) in [6.45, 7) is 1.65. The van der Waals surface area contributed by atoms with Crippen LogP contribution >= 0.6 is 0 Å². The van der Waals surface area contributed by atoms with Gasteiger partial charge in [0.05, 0.1) is 16.9 Å². The molecule has 6 nitrogen and oxygen atoms in total. The Bertz CT molecular complexity index is 621. The summed E-state index contributed by atoms with van der Waals surface area (Å²) in [4.78, 5) is 24.1. The Labute approximate surface area is 136 Å². The summed E-state index contributed by atoms with van der Waals surface area (Å²) in [5.41, 5.74) is -0.228. The van der Waals surface area contributed by atoms with E-state index in [1.54, 1.807) is 0 Å². The molecule has 1 N–H and O–H groups in total. The van der Waals surface area contributed by atoms with Gasteiger partial charge in [-0.2, -0.15) is 13.2 Å². The second-order valence-electron chi connectivity index (χ2n) is 5.82. The van der Waals surface area contributed by atoms with Gasteiger partial charge < -0.3 is 5.32 Å². The monoisotopic (exact) mass is 345 g/mol. The highest BCUT2D eigenvalue weighted by molar-refractivity contribution is 5.96. The second kappa shape index (κ2) is 7.16. The lowest BCUT2D eigenvalue weighted by Gasteiger charge is -2.36. The zero-order valence-electron chi connectivity index (χ0n) is 13.0. The highest BCUT2D eigenvalue weighted by Gasteiger charge is 2.43. The van der Waals surface area contributed by atoms with Gasteiger partial charge >= 0.3 is 6.18 Å². The zero-order chi connectivity index (χ0) is 17.9. The number of amides is 1. The smallest absolute Gasteiger partial charge is 0.319 e. The van der Waals surface area contributed by atoms with Gasteiger partial charge in [-0.25, -0.2) is 0 Å². The average molecular weight is 345 g/mol. The van der Waals surface area contributed by atoms with Crippen molar-refractivity contribution in [2.75, 3.05) is 18.4 Å². The summed E-state index contributed by atoms with van der Waals surface area (Å²) in [7, 11) is 0. The number of alkyl halides is 3. The van der Waals surface area contributed by atoms with Crippen molar-refractivity contribution in [3.63, 3.8) is 0 Å². The molecular formula is C15H18F3N3O3. The molecular weight excluding hydrogens is 327 g/mol. The number of nitrogens with one attached hydrogen (secondary N) is 1. The van der Waals surface area contributed by atoms with Crippen molar-refractivity contribution in [2.24, 2.45) is 5.92 Å². The first-order valence-corrected chi connectivity index (χ1v) is 7.55. The molecule has 1 heterocycles. The minimum atomic E-state index is -4.28. The molecule has 1 aliphatic rings. The van der Waals surface area contributed by atoms with Crippen molar-refractivity contribution in [3.05, 3.63) is 34.4 Å². The van der Waals surface area contributed by atoms with Gasteiger partial charge in [0.25, 0.3) is 5.69 Å². The van der Waals surface area contributed by atoms with Crippen LogP contribution in [-0.4, -0.2) is 41.0 Å². The van der Waals surface area contributed by atoms with Crippen molar-refractivity contribution in [1.29, 1.82) is 0 Å². The Hall–Kier alpha value is -2.16. The fourth-order valence-electron chi connectivity index (χ4n) is 2.77. The molecule has 1 aromatic carbocycles. The van der Waals surface area contributed by atoms with Crippen LogP contribution in [0.3, 0.4) is 0 Å². The number of para-hydroxylation sites is 2. The van der Waals surface area contributed by atoms with Gasteiger partial charge in [0.15, 0.2) is 0 Å². The molecule has 1 saturated heterocycles. The second-order valence-corrected chi connectivity index (χ2v) is 5.82.